The number of amides is 1. The first-order valence-electron chi connectivity index (χ1n) is 7.91. The van der Waals surface area contributed by atoms with Crippen molar-refractivity contribution < 1.29 is 14.3 Å². The minimum atomic E-state index is -0.885. The number of fused-ring (bicyclic) bond motifs is 1. The zero-order chi connectivity index (χ0) is 17.1. The van der Waals surface area contributed by atoms with E-state index in [1.807, 2.05) is 12.2 Å². The van der Waals surface area contributed by atoms with E-state index in [0.717, 1.165) is 12.8 Å². The molecule has 2 atom stereocenters. The van der Waals surface area contributed by atoms with Crippen LogP contribution >= 0.6 is 0 Å². The molecule has 0 saturated heterocycles. The van der Waals surface area contributed by atoms with Gasteiger partial charge in [-0.2, -0.15) is 0 Å². The molecule has 0 spiro atoms. The molecular formula is C17H19N3O4. The summed E-state index contributed by atoms with van der Waals surface area (Å²) in [6.07, 6.45) is 5.39. The van der Waals surface area contributed by atoms with Crippen molar-refractivity contribution in [2.45, 2.75) is 32.3 Å². The number of carbonyl (C=O) groups is 2. The Bertz CT molecular complexity index is 849. The number of imidazole rings is 1. The molecule has 3 rings (SSSR count). The van der Waals surface area contributed by atoms with Gasteiger partial charge in [0.15, 0.2) is 6.10 Å². The van der Waals surface area contributed by atoms with Crippen LogP contribution in [-0.2, 0) is 14.3 Å². The third-order valence-electron chi connectivity index (χ3n) is 4.05. The predicted octanol–water partition coefficient (Wildman–Crippen LogP) is 2.08. The lowest BCUT2D eigenvalue weighted by molar-refractivity contribution is -0.157. The summed E-state index contributed by atoms with van der Waals surface area (Å²) in [4.78, 5) is 40.7. The molecule has 0 unspecified atom stereocenters. The largest absolute Gasteiger partial charge is 0.452 e. The van der Waals surface area contributed by atoms with E-state index < -0.39 is 12.0 Å². The molecular weight excluding hydrogens is 310 g/mol. The van der Waals surface area contributed by atoms with E-state index in [0.29, 0.717) is 23.1 Å². The van der Waals surface area contributed by atoms with Crippen molar-refractivity contribution in [1.82, 2.24) is 9.97 Å². The van der Waals surface area contributed by atoms with Crippen LogP contribution in [0.2, 0.25) is 0 Å². The van der Waals surface area contributed by atoms with Gasteiger partial charge in [0, 0.05) is 5.69 Å². The molecule has 7 heteroatoms. The molecule has 1 heterocycles. The Morgan fingerprint density at radius 1 is 1.25 bits per heavy atom. The highest BCUT2D eigenvalue weighted by molar-refractivity contribution is 5.96. The summed E-state index contributed by atoms with van der Waals surface area (Å²) in [5, 5.41) is 2.69. The van der Waals surface area contributed by atoms with E-state index in [2.05, 4.69) is 15.3 Å². The molecule has 24 heavy (non-hydrogen) atoms. The summed E-state index contributed by atoms with van der Waals surface area (Å²) < 4.78 is 5.27. The number of anilines is 1. The molecule has 0 aliphatic heterocycles. The quantitative estimate of drug-likeness (QED) is 0.590. The van der Waals surface area contributed by atoms with Gasteiger partial charge in [-0.1, -0.05) is 12.2 Å². The van der Waals surface area contributed by atoms with Gasteiger partial charge in [0.05, 0.1) is 17.0 Å². The van der Waals surface area contributed by atoms with Crippen LogP contribution in [-0.4, -0.2) is 27.9 Å². The lowest BCUT2D eigenvalue weighted by atomic mass is 9.95. The molecule has 1 aliphatic carbocycles. The molecule has 0 bridgehead atoms. The summed E-state index contributed by atoms with van der Waals surface area (Å²) in [6.45, 7) is 1.54. The minimum Gasteiger partial charge on any atom is -0.452 e. The Balaban J connectivity index is 1.61. The van der Waals surface area contributed by atoms with Crippen molar-refractivity contribution in [2.75, 3.05) is 5.32 Å². The van der Waals surface area contributed by atoms with Crippen LogP contribution in [0.4, 0.5) is 5.69 Å². The number of rotatable bonds is 4. The first kappa shape index (κ1) is 16.0. The average Bonchev–Trinajstić information content (AvgIpc) is 2.94. The van der Waals surface area contributed by atoms with Gasteiger partial charge in [0.1, 0.15) is 0 Å². The molecule has 1 aromatic heterocycles. The van der Waals surface area contributed by atoms with E-state index in [4.69, 9.17) is 4.74 Å². The number of ether oxygens (including phenoxy) is 1. The summed E-state index contributed by atoms with van der Waals surface area (Å²) >= 11 is 0. The standard InChI is InChI=1S/C17H19N3O4/c1-10(24-16(22)11-5-3-2-4-6-11)15(21)18-12-7-8-13-14(9-12)20-17(23)19-13/h2-3,7-11H,4-6H2,1H3,(H,18,21)(H2,19,20,23)/t10-,11-/m0/s1. The second-order valence-corrected chi connectivity index (χ2v) is 5.89. The summed E-state index contributed by atoms with van der Waals surface area (Å²) in [5.41, 5.74) is 1.46. The second kappa shape index (κ2) is 6.74. The van der Waals surface area contributed by atoms with E-state index in [-0.39, 0.29) is 17.6 Å². The first-order valence-corrected chi connectivity index (χ1v) is 7.91. The molecule has 7 nitrogen and oxygen atoms in total. The summed E-state index contributed by atoms with van der Waals surface area (Å²) in [7, 11) is 0. The SMILES string of the molecule is C[C@H](OC(=O)[C@H]1CC=CCC1)C(=O)Nc1ccc2[nH]c(=O)[nH]c2c1. The van der Waals surface area contributed by atoms with Gasteiger partial charge in [0.25, 0.3) is 5.91 Å². The van der Waals surface area contributed by atoms with Crippen LogP contribution in [0.3, 0.4) is 0 Å². The number of nitrogens with one attached hydrogen (secondary N) is 3. The van der Waals surface area contributed by atoms with Gasteiger partial charge in [0.2, 0.25) is 0 Å². The molecule has 3 N–H and O–H groups in total. The fraction of sp³-hybridized carbons (Fsp3) is 0.353. The second-order valence-electron chi connectivity index (χ2n) is 5.89. The number of aromatic nitrogens is 2. The highest BCUT2D eigenvalue weighted by Gasteiger charge is 2.25. The number of hydrogen-bond acceptors (Lipinski definition) is 4. The fourth-order valence-electron chi connectivity index (χ4n) is 2.69. The van der Waals surface area contributed by atoms with Gasteiger partial charge in [-0.25, -0.2) is 4.79 Å². The maximum absolute atomic E-state index is 12.2. The van der Waals surface area contributed by atoms with Crippen LogP contribution in [0, 0.1) is 5.92 Å². The molecule has 2 aromatic rings. The molecule has 1 aliphatic rings. The predicted molar refractivity (Wildman–Crippen MR) is 89.6 cm³/mol. The van der Waals surface area contributed by atoms with E-state index in [1.54, 1.807) is 25.1 Å². The van der Waals surface area contributed by atoms with Gasteiger partial charge < -0.3 is 20.0 Å². The van der Waals surface area contributed by atoms with Crippen molar-refractivity contribution in [3.63, 3.8) is 0 Å². The smallest absolute Gasteiger partial charge is 0.323 e. The van der Waals surface area contributed by atoms with Gasteiger partial charge in [-0.3, -0.25) is 9.59 Å². The number of hydrogen-bond donors (Lipinski definition) is 3. The topological polar surface area (TPSA) is 104 Å². The van der Waals surface area contributed by atoms with Crippen molar-refractivity contribution >= 4 is 28.6 Å². The fourth-order valence-corrected chi connectivity index (χ4v) is 2.69. The molecule has 0 radical (unpaired) electrons. The maximum Gasteiger partial charge on any atom is 0.323 e. The normalized spacial score (nSPS) is 18.3. The Morgan fingerprint density at radius 2 is 2.04 bits per heavy atom. The van der Waals surface area contributed by atoms with E-state index in [1.165, 1.54) is 0 Å². The summed E-state index contributed by atoms with van der Waals surface area (Å²) in [5.74, 6) is -0.925. The maximum atomic E-state index is 12.2. The molecule has 0 saturated carbocycles. The Labute approximate surface area is 138 Å². The first-order chi connectivity index (χ1) is 11.5. The third kappa shape index (κ3) is 3.56. The number of aromatic amines is 2. The van der Waals surface area contributed by atoms with Gasteiger partial charge in [-0.05, 0) is 44.4 Å². The molecule has 1 aromatic carbocycles. The Hall–Kier alpha value is -2.83. The van der Waals surface area contributed by atoms with Crippen LogP contribution < -0.4 is 11.0 Å². The van der Waals surface area contributed by atoms with Crippen LogP contribution in [0.1, 0.15) is 26.2 Å². The number of carbonyl (C=O) groups excluding carboxylic acids is 2. The number of allylic oxidation sites excluding steroid dienone is 2. The molecule has 0 fully saturated rings. The number of benzene rings is 1. The zero-order valence-corrected chi connectivity index (χ0v) is 13.3. The Morgan fingerprint density at radius 3 is 2.79 bits per heavy atom. The molecule has 126 valence electrons. The highest BCUT2D eigenvalue weighted by atomic mass is 16.5. The average molecular weight is 329 g/mol. The van der Waals surface area contributed by atoms with Crippen molar-refractivity contribution in [1.29, 1.82) is 0 Å². The van der Waals surface area contributed by atoms with E-state index in [9.17, 15) is 14.4 Å². The van der Waals surface area contributed by atoms with Crippen LogP contribution in [0.5, 0.6) is 0 Å². The lowest BCUT2D eigenvalue weighted by Crippen LogP contribution is -2.32. The van der Waals surface area contributed by atoms with Crippen molar-refractivity contribution in [2.24, 2.45) is 5.92 Å². The number of H-pyrrole nitrogens is 2. The van der Waals surface area contributed by atoms with Crippen molar-refractivity contribution in [3.8, 4) is 0 Å². The van der Waals surface area contributed by atoms with Gasteiger partial charge in [-0.15, -0.1) is 0 Å². The minimum absolute atomic E-state index is 0.175. The van der Waals surface area contributed by atoms with Crippen LogP contribution in [0.25, 0.3) is 11.0 Å². The third-order valence-corrected chi connectivity index (χ3v) is 4.05. The lowest BCUT2D eigenvalue weighted by Gasteiger charge is -2.19. The number of esters is 1. The zero-order valence-electron chi connectivity index (χ0n) is 13.3. The van der Waals surface area contributed by atoms with Crippen LogP contribution in [0.15, 0.2) is 35.1 Å². The molecule has 1 amide bonds. The van der Waals surface area contributed by atoms with E-state index >= 15 is 0 Å². The Kier molecular flexibility index (Phi) is 4.50. The van der Waals surface area contributed by atoms with Gasteiger partial charge >= 0.3 is 11.7 Å². The monoisotopic (exact) mass is 329 g/mol. The summed E-state index contributed by atoms with van der Waals surface area (Å²) in [6, 6.07) is 5.00. The van der Waals surface area contributed by atoms with Crippen molar-refractivity contribution in [3.05, 3.63) is 40.8 Å². The highest BCUT2D eigenvalue weighted by Crippen LogP contribution is 2.20.